The van der Waals surface area contributed by atoms with Crippen molar-refractivity contribution >= 4 is 12.0 Å². The first-order valence-electron chi connectivity index (χ1n) is 31.4. The first kappa shape index (κ1) is 79.6. The Morgan fingerprint density at radius 2 is 1.10 bits per heavy atom. The van der Waals surface area contributed by atoms with Crippen LogP contribution in [0, 0.1) is 11.8 Å². The number of nitrogens with two attached hydrogens (primary N) is 1. The van der Waals surface area contributed by atoms with E-state index in [0.29, 0.717) is 0 Å². The van der Waals surface area contributed by atoms with Crippen molar-refractivity contribution in [1.82, 2.24) is 10.6 Å². The summed E-state index contributed by atoms with van der Waals surface area (Å²) >= 11 is 0. The molecule has 0 aromatic heterocycles. The van der Waals surface area contributed by atoms with Gasteiger partial charge in [-0.2, -0.15) is 0 Å². The van der Waals surface area contributed by atoms with Gasteiger partial charge in [-0.25, -0.2) is 4.79 Å². The summed E-state index contributed by atoms with van der Waals surface area (Å²) in [5.74, 6) is -4.12. The van der Waals surface area contributed by atoms with Crippen LogP contribution in [0.5, 0.6) is 0 Å². The molecule has 93 heavy (non-hydrogen) atoms. The fourth-order valence-electron chi connectivity index (χ4n) is 11.2. The van der Waals surface area contributed by atoms with Gasteiger partial charge in [-0.3, -0.25) is 4.79 Å². The predicted octanol–water partition coefficient (Wildman–Crippen LogP) is -5.32. The smallest absolute Gasteiger partial charge is 0.315 e. The number of urea groups is 1. The summed E-state index contributed by atoms with van der Waals surface area (Å²) in [5, 5.41) is 200. The van der Waals surface area contributed by atoms with Crippen LogP contribution >= 0.6 is 0 Å². The number of fused-ring (bicyclic) bond motifs is 2. The Morgan fingerprint density at radius 1 is 0.570 bits per heavy atom. The van der Waals surface area contributed by atoms with Crippen molar-refractivity contribution in [2.75, 3.05) is 26.4 Å². The summed E-state index contributed by atoms with van der Waals surface area (Å²) in [4.78, 5) is 27.1. The lowest BCUT2D eigenvalue weighted by molar-refractivity contribution is -0.309. The van der Waals surface area contributed by atoms with Crippen molar-refractivity contribution in [2.24, 2.45) is 17.6 Å². The number of amides is 2. The number of nitrogens with one attached hydrogen (secondary N) is 2. The number of allylic oxidation sites excluding steroid dienone is 12. The minimum absolute atomic E-state index is 0.188. The maximum atomic E-state index is 14.3. The van der Waals surface area contributed by atoms with Crippen LogP contribution in [0.2, 0.25) is 0 Å². The fraction of sp³-hybridized carbons (Fsp3) is 0.742. The van der Waals surface area contributed by atoms with Crippen molar-refractivity contribution in [3.63, 3.8) is 0 Å². The van der Waals surface area contributed by atoms with Crippen LogP contribution < -0.4 is 16.4 Å². The Bertz CT molecular complexity index is 2400. The summed E-state index contributed by atoms with van der Waals surface area (Å²) < 4.78 is 46.2. The van der Waals surface area contributed by atoms with Crippen LogP contribution in [-0.4, -0.2) is 301 Å². The average Bonchev–Trinajstić information content (AvgIpc) is 0.819. The summed E-state index contributed by atoms with van der Waals surface area (Å²) in [6.07, 6.45) is -16.9. The number of aliphatic hydroxyl groups excluding tert-OH is 17. The molecule has 2 amide bonds. The Hall–Kier alpha value is -4.12. The van der Waals surface area contributed by atoms with Crippen LogP contribution in [0.25, 0.3) is 0 Å². The quantitative estimate of drug-likeness (QED) is 0.0812. The lowest BCUT2D eigenvalue weighted by Crippen LogP contribution is -2.64. The molecule has 0 unspecified atom stereocenters. The standard InChI is InChI=1S/C62H101N3O28/c1-31-17-15-13-11-9-7-5-6-8-10-12-14-16-18-39(90-60-53(79)47(63)50(76)34(4)89-60)24-43-48(42(73)26-62(85,93-43)25-38(70)22-41(72)40(71)20-19-36(68)21-37(69)23-46(74)88-33(3)32(2)49(31)75)65-61(84)64-35(29-86-58-56(82)54(80)51(77)44(27-66)91-58)30-87-59-57(83)55(81)52(78)45(28-67)92-59/h5-18,31-45,47-60,66-73,75-83,85H,19-30,63H2,1-4H3,(H2,64,65,84)/b6-5+,9-7+,10-8+,13-11+,14-12+,17-15+,18-16+/t31-,32-,33-,34+,36+,37+,38-,39-,40+,41+,42-,43-,44+,45+,47-,48+,49+,50+,51+,52+,53-,54-,55-,56-,57-,58-,59-,60-,62+/m0/s1. The van der Waals surface area contributed by atoms with Gasteiger partial charge in [0.15, 0.2) is 24.7 Å². The van der Waals surface area contributed by atoms with Crippen LogP contribution in [-0.2, 0) is 42.7 Å². The zero-order valence-electron chi connectivity index (χ0n) is 52.5. The third kappa shape index (κ3) is 24.4. The highest BCUT2D eigenvalue weighted by Gasteiger charge is 2.51. The van der Waals surface area contributed by atoms with Gasteiger partial charge in [-0.15, -0.1) is 0 Å². The molecule has 5 rings (SSSR count). The van der Waals surface area contributed by atoms with E-state index in [2.05, 4.69) is 10.6 Å². The highest BCUT2D eigenvalue weighted by Crippen LogP contribution is 2.36. The molecule has 0 radical (unpaired) electrons. The number of esters is 1. The SMILES string of the molecule is C[C@@H]1[C@H](O)[C@@H](C)/C=C/C=C/C=C/C=C/C=C/C=C/C=C/[C@H](O[C@@H]2O[C@H](C)[C@@H](O)[C@H](N)[C@@H]2O)C[C@@H]2O[C@](O)(C[C@@H](O)C[C@@H](O)[C@H](O)CC[C@@H](O)C[C@@H](O)CC(=O)O[C@H]1C)C[C@H](O)[C@H]2NC(=O)NC(CO[C@H]1O[C@H](CO)[C@@H](O)[C@H](O)[C@@H]1O)CO[C@H]1O[C@H](CO)[C@@H](O)[C@H](O)[C@@H]1O. The van der Waals surface area contributed by atoms with Gasteiger partial charge in [0.1, 0.15) is 61.0 Å². The molecule has 22 N–H and O–H groups in total. The third-order valence-corrected chi connectivity index (χ3v) is 17.0. The van der Waals surface area contributed by atoms with Crippen molar-refractivity contribution in [3.8, 4) is 0 Å². The molecule has 0 aliphatic carbocycles. The van der Waals surface area contributed by atoms with E-state index in [1.54, 1.807) is 93.7 Å². The molecule has 2 bridgehead atoms. The molecule has 5 aliphatic rings. The number of rotatable bonds is 12. The summed E-state index contributed by atoms with van der Waals surface area (Å²) in [6.45, 7) is 3.54. The molecule has 0 saturated carbocycles. The Labute approximate surface area is 539 Å². The second-order valence-electron chi connectivity index (χ2n) is 24.6. The minimum Gasteiger partial charge on any atom is -0.462 e. The molecule has 0 aromatic rings. The first-order chi connectivity index (χ1) is 44.0. The van der Waals surface area contributed by atoms with Gasteiger partial charge >= 0.3 is 12.0 Å². The molecule has 4 saturated heterocycles. The Balaban J connectivity index is 1.45. The van der Waals surface area contributed by atoms with E-state index >= 15 is 0 Å². The number of hydrogen-bond acceptors (Lipinski definition) is 29. The number of ether oxygens (including phenoxy) is 8. The van der Waals surface area contributed by atoms with E-state index in [-0.39, 0.29) is 25.2 Å². The molecule has 5 heterocycles. The van der Waals surface area contributed by atoms with Crippen LogP contribution in [0.1, 0.15) is 79.1 Å². The molecule has 31 nitrogen and oxygen atoms in total. The Morgan fingerprint density at radius 3 is 1.63 bits per heavy atom. The highest BCUT2D eigenvalue weighted by atomic mass is 16.7. The zero-order chi connectivity index (χ0) is 68.9. The van der Waals surface area contributed by atoms with Crippen molar-refractivity contribution in [3.05, 3.63) is 85.1 Å². The maximum absolute atomic E-state index is 14.3. The minimum atomic E-state index is -2.50. The molecule has 5 aliphatic heterocycles. The number of cyclic esters (lactones) is 1. The number of carbonyl (C=O) groups excluding carboxylic acids is 2. The van der Waals surface area contributed by atoms with E-state index in [1.165, 1.54) is 19.1 Å². The van der Waals surface area contributed by atoms with E-state index in [0.717, 1.165) is 0 Å². The van der Waals surface area contributed by atoms with Gasteiger partial charge in [-0.1, -0.05) is 98.9 Å². The zero-order valence-corrected chi connectivity index (χ0v) is 52.5. The van der Waals surface area contributed by atoms with Crippen molar-refractivity contribution < 1.29 is 139 Å². The summed E-state index contributed by atoms with van der Waals surface area (Å²) in [6, 6.07) is -5.42. The van der Waals surface area contributed by atoms with Gasteiger partial charge in [0, 0.05) is 37.5 Å². The van der Waals surface area contributed by atoms with Crippen molar-refractivity contribution in [1.29, 1.82) is 0 Å². The van der Waals surface area contributed by atoms with E-state index in [9.17, 15) is 102 Å². The largest absolute Gasteiger partial charge is 0.462 e. The van der Waals surface area contributed by atoms with E-state index in [4.69, 9.17) is 43.6 Å². The topological polar surface area (TPSA) is 522 Å². The predicted molar refractivity (Wildman–Crippen MR) is 325 cm³/mol. The summed E-state index contributed by atoms with van der Waals surface area (Å²) in [5.41, 5.74) is 6.17. The van der Waals surface area contributed by atoms with Gasteiger partial charge < -0.3 is 146 Å². The van der Waals surface area contributed by atoms with Gasteiger partial charge in [-0.05, 0) is 33.1 Å². The van der Waals surface area contributed by atoms with Crippen molar-refractivity contribution in [2.45, 2.75) is 250 Å². The van der Waals surface area contributed by atoms with E-state index in [1.807, 2.05) is 0 Å². The Kier molecular flexibility index (Phi) is 33.1. The molecule has 0 spiro atoms. The second kappa shape index (κ2) is 38.7. The molecule has 29 atom stereocenters. The number of carbonyl (C=O) groups is 2. The lowest BCUT2D eigenvalue weighted by atomic mass is 9.87. The molecule has 532 valence electrons. The highest BCUT2D eigenvalue weighted by molar-refractivity contribution is 5.74. The van der Waals surface area contributed by atoms with Crippen LogP contribution in [0.3, 0.4) is 0 Å². The molecule has 4 fully saturated rings. The molecule has 0 aromatic carbocycles. The average molecular weight is 1340 g/mol. The summed E-state index contributed by atoms with van der Waals surface area (Å²) in [7, 11) is 0. The van der Waals surface area contributed by atoms with Gasteiger partial charge in [0.25, 0.3) is 0 Å². The first-order valence-corrected chi connectivity index (χ1v) is 31.4. The van der Waals surface area contributed by atoms with Gasteiger partial charge in [0.05, 0.1) is 118 Å². The second-order valence-corrected chi connectivity index (χ2v) is 24.6. The number of aliphatic hydroxyl groups is 18. The maximum Gasteiger partial charge on any atom is 0.315 e. The van der Waals surface area contributed by atoms with E-state index < -0.39 is 247 Å². The van der Waals surface area contributed by atoms with Crippen LogP contribution in [0.15, 0.2) is 85.1 Å². The van der Waals surface area contributed by atoms with Gasteiger partial charge in [0.2, 0.25) is 0 Å². The molecular weight excluding hydrogens is 1230 g/mol. The lowest BCUT2D eigenvalue weighted by Gasteiger charge is -2.46. The van der Waals surface area contributed by atoms with Crippen LogP contribution in [0.4, 0.5) is 4.79 Å². The fourth-order valence-corrected chi connectivity index (χ4v) is 11.2. The normalized spacial score (nSPS) is 45.4. The molecule has 31 heteroatoms. The third-order valence-electron chi connectivity index (χ3n) is 17.0. The number of hydrogen-bond donors (Lipinski definition) is 21. The molecular formula is C62H101N3O28. The monoisotopic (exact) mass is 1340 g/mol.